The average Bonchev–Trinajstić information content (AvgIpc) is 2.48. The van der Waals surface area contributed by atoms with E-state index >= 15 is 0 Å². The summed E-state index contributed by atoms with van der Waals surface area (Å²) in [5.74, 6) is 0.952. The summed E-state index contributed by atoms with van der Waals surface area (Å²) in [5, 5.41) is 3.50. The summed E-state index contributed by atoms with van der Waals surface area (Å²) in [6, 6.07) is 6.46. The first kappa shape index (κ1) is 10.9. The van der Waals surface area contributed by atoms with Gasteiger partial charge in [-0.1, -0.05) is 33.8 Å². The van der Waals surface area contributed by atoms with Crippen molar-refractivity contribution in [1.82, 2.24) is 4.98 Å². The predicted octanol–water partition coefficient (Wildman–Crippen LogP) is 3.69. The van der Waals surface area contributed by atoms with Crippen LogP contribution in [-0.2, 0) is 0 Å². The number of anilines is 1. The van der Waals surface area contributed by atoms with Crippen molar-refractivity contribution in [2.45, 2.75) is 33.7 Å². The van der Waals surface area contributed by atoms with Crippen molar-refractivity contribution in [3.63, 3.8) is 0 Å². The number of nitrogens with zero attached hydrogens (tertiary/aromatic N) is 1. The third kappa shape index (κ3) is 1.67. The van der Waals surface area contributed by atoms with Crippen LogP contribution in [0.1, 0.15) is 27.7 Å². The molecule has 2 nitrogen and oxygen atoms in total. The lowest BCUT2D eigenvalue weighted by Crippen LogP contribution is -2.11. The zero-order chi connectivity index (χ0) is 11.3. The predicted molar refractivity (Wildman–Crippen MR) is 66.9 cm³/mol. The minimum absolute atomic E-state index is 0.344. The molecule has 0 aromatic carbocycles. The zero-order valence-electron chi connectivity index (χ0n) is 9.63. The lowest BCUT2D eigenvalue weighted by Gasteiger charge is -2.07. The van der Waals surface area contributed by atoms with E-state index in [4.69, 9.17) is 0 Å². The van der Waals surface area contributed by atoms with Crippen molar-refractivity contribution in [3.05, 3.63) is 22.8 Å². The summed E-state index contributed by atoms with van der Waals surface area (Å²) < 4.78 is 0.878. The Hall–Kier alpha value is -0.570. The van der Waals surface area contributed by atoms with Crippen LogP contribution in [0, 0.1) is 10.8 Å². The first-order valence-corrected chi connectivity index (χ1v) is 6.04. The normalized spacial score (nSPS) is 22.5. The quantitative estimate of drug-likeness (QED) is 0.828. The molecule has 3 heteroatoms. The van der Waals surface area contributed by atoms with E-state index < -0.39 is 0 Å². The molecule has 1 aromatic heterocycles. The minimum Gasteiger partial charge on any atom is -0.366 e. The maximum absolute atomic E-state index is 4.39. The first-order valence-electron chi connectivity index (χ1n) is 5.25. The molecule has 0 amide bonds. The summed E-state index contributed by atoms with van der Waals surface area (Å²) >= 11 is 3.38. The van der Waals surface area contributed by atoms with Crippen LogP contribution in [0.5, 0.6) is 0 Å². The van der Waals surface area contributed by atoms with Crippen molar-refractivity contribution in [2.75, 3.05) is 5.32 Å². The smallest absolute Gasteiger partial charge is 0.127 e. The number of nitrogens with one attached hydrogen (secondary N) is 1. The molecule has 0 bridgehead atoms. The van der Waals surface area contributed by atoms with E-state index in [1.165, 1.54) is 0 Å². The van der Waals surface area contributed by atoms with Crippen molar-refractivity contribution >= 4 is 21.7 Å². The van der Waals surface area contributed by atoms with Crippen molar-refractivity contribution in [3.8, 4) is 0 Å². The van der Waals surface area contributed by atoms with Gasteiger partial charge in [-0.05, 0) is 38.9 Å². The molecule has 0 unspecified atom stereocenters. The van der Waals surface area contributed by atoms with Crippen LogP contribution < -0.4 is 5.32 Å². The summed E-state index contributed by atoms with van der Waals surface area (Å²) in [6.07, 6.45) is 0. The topological polar surface area (TPSA) is 24.9 Å². The van der Waals surface area contributed by atoms with Gasteiger partial charge in [-0.25, -0.2) is 4.98 Å². The van der Waals surface area contributed by atoms with Crippen LogP contribution >= 0.6 is 15.9 Å². The Morgan fingerprint density at radius 3 is 2.27 bits per heavy atom. The minimum atomic E-state index is 0.344. The second-order valence-corrected chi connectivity index (χ2v) is 6.18. The highest BCUT2D eigenvalue weighted by atomic mass is 79.9. The van der Waals surface area contributed by atoms with Crippen molar-refractivity contribution in [2.24, 2.45) is 10.8 Å². The number of hydrogen-bond acceptors (Lipinski definition) is 2. The first-order chi connectivity index (χ1) is 6.85. The molecule has 1 heterocycles. The summed E-state index contributed by atoms with van der Waals surface area (Å²) in [5.41, 5.74) is 0.688. The molecule has 15 heavy (non-hydrogen) atoms. The van der Waals surface area contributed by atoms with Gasteiger partial charge in [-0.2, -0.15) is 0 Å². The molecule has 1 aliphatic carbocycles. The van der Waals surface area contributed by atoms with E-state index in [-0.39, 0.29) is 0 Å². The average molecular weight is 269 g/mol. The van der Waals surface area contributed by atoms with Gasteiger partial charge in [0.25, 0.3) is 0 Å². The molecule has 0 spiro atoms. The van der Waals surface area contributed by atoms with Gasteiger partial charge in [0.2, 0.25) is 0 Å². The van der Waals surface area contributed by atoms with E-state index in [2.05, 4.69) is 53.9 Å². The maximum atomic E-state index is 4.39. The highest BCUT2D eigenvalue weighted by molar-refractivity contribution is 9.10. The lowest BCUT2D eigenvalue weighted by atomic mass is 10.0. The second kappa shape index (κ2) is 3.21. The van der Waals surface area contributed by atoms with Gasteiger partial charge in [0.05, 0.1) is 0 Å². The van der Waals surface area contributed by atoms with Gasteiger partial charge in [-0.3, -0.25) is 0 Å². The highest BCUT2D eigenvalue weighted by Gasteiger charge is 2.65. The van der Waals surface area contributed by atoms with E-state index in [9.17, 15) is 0 Å². The van der Waals surface area contributed by atoms with Crippen LogP contribution in [0.2, 0.25) is 0 Å². The molecule has 0 atom stereocenters. The molecule has 82 valence electrons. The Labute approximate surface area is 99.6 Å². The summed E-state index contributed by atoms with van der Waals surface area (Å²) in [7, 11) is 0. The van der Waals surface area contributed by atoms with Crippen LogP contribution in [-0.4, -0.2) is 11.0 Å². The molecule has 1 aromatic rings. The molecular weight excluding hydrogens is 252 g/mol. The van der Waals surface area contributed by atoms with E-state index in [1.807, 2.05) is 18.2 Å². The number of aromatic nitrogens is 1. The molecule has 1 N–H and O–H groups in total. The third-order valence-electron chi connectivity index (χ3n) is 4.03. The van der Waals surface area contributed by atoms with Gasteiger partial charge in [0, 0.05) is 6.04 Å². The SMILES string of the molecule is CC1(C)C(Nc2cccc(Br)n2)C1(C)C. The van der Waals surface area contributed by atoms with E-state index in [0.717, 1.165) is 10.4 Å². The molecule has 0 saturated heterocycles. The van der Waals surface area contributed by atoms with Crippen LogP contribution in [0.15, 0.2) is 22.8 Å². The molecule has 0 aliphatic heterocycles. The van der Waals surface area contributed by atoms with Gasteiger partial charge in [0.15, 0.2) is 0 Å². The number of pyridine rings is 1. The fourth-order valence-corrected chi connectivity index (χ4v) is 2.54. The van der Waals surface area contributed by atoms with Crippen molar-refractivity contribution in [1.29, 1.82) is 0 Å². The maximum Gasteiger partial charge on any atom is 0.127 e. The van der Waals surface area contributed by atoms with Gasteiger partial charge < -0.3 is 5.32 Å². The molecular formula is C12H17BrN2. The molecule has 1 saturated carbocycles. The Balaban J connectivity index is 2.12. The molecule has 1 aliphatic rings. The standard InChI is InChI=1S/C12H17BrN2/c1-11(2)10(12(11,3)4)15-9-7-5-6-8(13)14-9/h5-7,10H,1-4H3,(H,14,15). The monoisotopic (exact) mass is 268 g/mol. The molecule has 1 fully saturated rings. The van der Waals surface area contributed by atoms with Crippen LogP contribution in [0.25, 0.3) is 0 Å². The van der Waals surface area contributed by atoms with Crippen LogP contribution in [0.3, 0.4) is 0 Å². The Kier molecular flexibility index (Phi) is 2.34. The second-order valence-electron chi connectivity index (χ2n) is 5.37. The fourth-order valence-electron chi connectivity index (χ4n) is 2.19. The van der Waals surface area contributed by atoms with Gasteiger partial charge >= 0.3 is 0 Å². The van der Waals surface area contributed by atoms with E-state index in [0.29, 0.717) is 16.9 Å². The highest BCUT2D eigenvalue weighted by Crippen LogP contribution is 2.63. The van der Waals surface area contributed by atoms with Crippen molar-refractivity contribution < 1.29 is 0 Å². The number of halogens is 1. The fraction of sp³-hybridized carbons (Fsp3) is 0.583. The Morgan fingerprint density at radius 2 is 1.80 bits per heavy atom. The molecule has 2 rings (SSSR count). The Bertz CT molecular complexity index is 371. The largest absolute Gasteiger partial charge is 0.366 e. The van der Waals surface area contributed by atoms with Gasteiger partial charge in [0.1, 0.15) is 10.4 Å². The zero-order valence-corrected chi connectivity index (χ0v) is 11.2. The van der Waals surface area contributed by atoms with Gasteiger partial charge in [-0.15, -0.1) is 0 Å². The molecule has 0 radical (unpaired) electrons. The lowest BCUT2D eigenvalue weighted by molar-refractivity contribution is 0.457. The summed E-state index contributed by atoms with van der Waals surface area (Å²) in [4.78, 5) is 4.39. The summed E-state index contributed by atoms with van der Waals surface area (Å²) in [6.45, 7) is 9.18. The number of hydrogen-bond donors (Lipinski definition) is 1. The third-order valence-corrected chi connectivity index (χ3v) is 4.47. The Morgan fingerprint density at radius 1 is 1.20 bits per heavy atom. The van der Waals surface area contributed by atoms with E-state index in [1.54, 1.807) is 0 Å². The number of rotatable bonds is 2. The van der Waals surface area contributed by atoms with Crippen LogP contribution in [0.4, 0.5) is 5.82 Å².